The van der Waals surface area contributed by atoms with E-state index in [-0.39, 0.29) is 12.1 Å². The standard InChI is InChI=1S/C20H22N2O5S/c1-4-15-12(2)28-17-16(15)18(23)22(20(25)21-17)10-5-11-27-14-8-6-13(7-9-14)19(24)26-3/h6-9H,4-5,10-11H2,1-3H3,(H,21,25). The smallest absolute Gasteiger partial charge is 0.337 e. The third kappa shape index (κ3) is 3.87. The number of carbonyl (C=O) groups excluding carboxylic acids is 1. The summed E-state index contributed by atoms with van der Waals surface area (Å²) in [6, 6.07) is 6.60. The molecule has 0 radical (unpaired) electrons. The number of nitrogens with zero attached hydrogens (tertiary/aromatic N) is 1. The van der Waals surface area contributed by atoms with Crippen molar-refractivity contribution in [3.8, 4) is 5.75 Å². The van der Waals surface area contributed by atoms with Crippen molar-refractivity contribution in [2.75, 3.05) is 13.7 Å². The number of aryl methyl sites for hydroxylation is 2. The quantitative estimate of drug-likeness (QED) is 0.485. The molecule has 7 nitrogen and oxygen atoms in total. The largest absolute Gasteiger partial charge is 0.494 e. The van der Waals surface area contributed by atoms with Crippen molar-refractivity contribution in [3.05, 3.63) is 61.1 Å². The highest BCUT2D eigenvalue weighted by Gasteiger charge is 2.15. The van der Waals surface area contributed by atoms with Gasteiger partial charge in [-0.25, -0.2) is 9.59 Å². The number of nitrogens with one attached hydrogen (secondary N) is 1. The fourth-order valence-electron chi connectivity index (χ4n) is 3.13. The van der Waals surface area contributed by atoms with E-state index in [1.807, 2.05) is 13.8 Å². The molecule has 0 aliphatic rings. The lowest BCUT2D eigenvalue weighted by molar-refractivity contribution is 0.0600. The highest BCUT2D eigenvalue weighted by atomic mass is 32.1. The van der Waals surface area contributed by atoms with Gasteiger partial charge in [0.05, 0.1) is 24.7 Å². The number of aromatic amines is 1. The Labute approximate surface area is 165 Å². The number of ether oxygens (including phenoxy) is 2. The van der Waals surface area contributed by atoms with E-state index in [1.54, 1.807) is 24.3 Å². The normalized spacial score (nSPS) is 11.0. The minimum Gasteiger partial charge on any atom is -0.494 e. The van der Waals surface area contributed by atoms with Gasteiger partial charge in [-0.15, -0.1) is 11.3 Å². The van der Waals surface area contributed by atoms with Crippen LogP contribution in [0.25, 0.3) is 10.2 Å². The van der Waals surface area contributed by atoms with Crippen LogP contribution in [0, 0.1) is 6.92 Å². The number of H-pyrrole nitrogens is 1. The molecule has 1 aromatic carbocycles. The summed E-state index contributed by atoms with van der Waals surface area (Å²) < 4.78 is 11.5. The van der Waals surface area contributed by atoms with Gasteiger partial charge in [0.25, 0.3) is 5.56 Å². The van der Waals surface area contributed by atoms with E-state index >= 15 is 0 Å². The zero-order valence-corrected chi connectivity index (χ0v) is 16.9. The molecular weight excluding hydrogens is 380 g/mol. The Morgan fingerprint density at radius 1 is 1.21 bits per heavy atom. The molecule has 3 rings (SSSR count). The number of rotatable bonds is 7. The first-order valence-corrected chi connectivity index (χ1v) is 9.84. The summed E-state index contributed by atoms with van der Waals surface area (Å²) in [5, 5.41) is 0.615. The molecule has 0 saturated heterocycles. The lowest BCUT2D eigenvalue weighted by Gasteiger charge is -2.08. The fraction of sp³-hybridized carbons (Fsp3) is 0.350. The molecule has 3 aromatic rings. The van der Waals surface area contributed by atoms with Crippen molar-refractivity contribution in [2.45, 2.75) is 33.2 Å². The molecule has 1 N–H and O–H groups in total. The number of methoxy groups -OCH3 is 1. The van der Waals surface area contributed by atoms with Gasteiger partial charge in [0.1, 0.15) is 10.6 Å². The van der Waals surface area contributed by atoms with Crippen molar-refractivity contribution in [2.24, 2.45) is 0 Å². The van der Waals surface area contributed by atoms with E-state index in [4.69, 9.17) is 4.74 Å². The Balaban J connectivity index is 1.68. The number of aromatic nitrogens is 2. The van der Waals surface area contributed by atoms with Gasteiger partial charge in [-0.1, -0.05) is 6.92 Å². The van der Waals surface area contributed by atoms with Crippen LogP contribution in [-0.4, -0.2) is 29.2 Å². The zero-order chi connectivity index (χ0) is 20.3. The second kappa shape index (κ2) is 8.43. The van der Waals surface area contributed by atoms with Gasteiger partial charge in [0.15, 0.2) is 0 Å². The van der Waals surface area contributed by atoms with Crippen LogP contribution in [0.4, 0.5) is 0 Å². The molecule has 2 aromatic heterocycles. The van der Waals surface area contributed by atoms with E-state index in [2.05, 4.69) is 9.72 Å². The van der Waals surface area contributed by atoms with Crippen LogP contribution in [-0.2, 0) is 17.7 Å². The van der Waals surface area contributed by atoms with Crippen molar-refractivity contribution >= 4 is 27.5 Å². The molecule has 0 amide bonds. The van der Waals surface area contributed by atoms with Crippen LogP contribution < -0.4 is 16.0 Å². The molecule has 0 aliphatic heterocycles. The first kappa shape index (κ1) is 19.9. The minimum absolute atomic E-state index is 0.248. The van der Waals surface area contributed by atoms with E-state index in [1.165, 1.54) is 23.0 Å². The van der Waals surface area contributed by atoms with Gasteiger partial charge in [-0.3, -0.25) is 14.3 Å². The second-order valence-corrected chi connectivity index (χ2v) is 7.52. The Kier molecular flexibility index (Phi) is 5.99. The fourth-order valence-corrected chi connectivity index (χ4v) is 4.26. The monoisotopic (exact) mass is 402 g/mol. The lowest BCUT2D eigenvalue weighted by Crippen LogP contribution is -2.35. The van der Waals surface area contributed by atoms with Gasteiger partial charge in [0, 0.05) is 11.4 Å². The molecular formula is C20H22N2O5S. The predicted octanol–water partition coefficient (Wildman–Crippen LogP) is 2.88. The van der Waals surface area contributed by atoms with Crippen molar-refractivity contribution < 1.29 is 14.3 Å². The molecule has 0 unspecified atom stereocenters. The lowest BCUT2D eigenvalue weighted by atomic mass is 10.1. The van der Waals surface area contributed by atoms with Gasteiger partial charge < -0.3 is 9.47 Å². The average molecular weight is 402 g/mol. The van der Waals surface area contributed by atoms with Crippen LogP contribution in [0.3, 0.4) is 0 Å². The van der Waals surface area contributed by atoms with Crippen LogP contribution in [0.5, 0.6) is 5.75 Å². The first-order valence-electron chi connectivity index (χ1n) is 9.02. The number of hydrogen-bond acceptors (Lipinski definition) is 6. The topological polar surface area (TPSA) is 90.4 Å². The summed E-state index contributed by atoms with van der Waals surface area (Å²) in [5.41, 5.74) is 0.794. The SMILES string of the molecule is CCc1c(C)sc2[nH]c(=O)n(CCCOc3ccc(C(=O)OC)cc3)c(=O)c12. The minimum atomic E-state index is -0.407. The third-order valence-electron chi connectivity index (χ3n) is 4.56. The van der Waals surface area contributed by atoms with Crippen LogP contribution >= 0.6 is 11.3 Å². The first-order chi connectivity index (χ1) is 13.5. The Morgan fingerprint density at radius 3 is 2.57 bits per heavy atom. The van der Waals surface area contributed by atoms with Gasteiger partial charge in [0.2, 0.25) is 0 Å². The number of benzene rings is 1. The Morgan fingerprint density at radius 2 is 1.93 bits per heavy atom. The number of carbonyl (C=O) groups is 1. The van der Waals surface area contributed by atoms with E-state index in [0.717, 1.165) is 16.9 Å². The maximum Gasteiger partial charge on any atom is 0.337 e. The van der Waals surface area contributed by atoms with Crippen molar-refractivity contribution in [1.29, 1.82) is 0 Å². The summed E-state index contributed by atoms with van der Waals surface area (Å²) in [6.45, 7) is 4.57. The summed E-state index contributed by atoms with van der Waals surface area (Å²) in [6.07, 6.45) is 1.25. The van der Waals surface area contributed by atoms with E-state index in [9.17, 15) is 14.4 Å². The van der Waals surface area contributed by atoms with Gasteiger partial charge in [-0.2, -0.15) is 0 Å². The molecule has 148 valence electrons. The molecule has 0 fully saturated rings. The average Bonchev–Trinajstić information content (AvgIpc) is 3.01. The number of hydrogen-bond donors (Lipinski definition) is 1. The van der Waals surface area contributed by atoms with E-state index in [0.29, 0.717) is 34.6 Å². The van der Waals surface area contributed by atoms with Crippen LogP contribution in [0.2, 0.25) is 0 Å². The Bertz CT molecular complexity index is 1110. The second-order valence-electron chi connectivity index (χ2n) is 6.30. The third-order valence-corrected chi connectivity index (χ3v) is 5.62. The molecule has 0 atom stereocenters. The molecule has 28 heavy (non-hydrogen) atoms. The van der Waals surface area contributed by atoms with Crippen molar-refractivity contribution in [3.63, 3.8) is 0 Å². The molecule has 0 spiro atoms. The number of thiophene rings is 1. The number of fused-ring (bicyclic) bond motifs is 1. The van der Waals surface area contributed by atoms with Gasteiger partial charge >= 0.3 is 11.7 Å². The highest BCUT2D eigenvalue weighted by Crippen LogP contribution is 2.26. The molecule has 0 aliphatic carbocycles. The van der Waals surface area contributed by atoms with Crippen LogP contribution in [0.1, 0.15) is 34.1 Å². The molecule has 0 saturated carbocycles. The summed E-state index contributed by atoms with van der Waals surface area (Å²) in [5.74, 6) is 0.196. The Hall–Kier alpha value is -2.87. The van der Waals surface area contributed by atoms with Crippen LogP contribution in [0.15, 0.2) is 33.9 Å². The maximum absolute atomic E-state index is 12.8. The van der Waals surface area contributed by atoms with E-state index < -0.39 is 11.7 Å². The summed E-state index contributed by atoms with van der Waals surface area (Å²) in [4.78, 5) is 41.0. The maximum atomic E-state index is 12.8. The molecule has 0 bridgehead atoms. The zero-order valence-electron chi connectivity index (χ0n) is 16.0. The summed E-state index contributed by atoms with van der Waals surface area (Å²) >= 11 is 1.44. The van der Waals surface area contributed by atoms with Crippen molar-refractivity contribution in [1.82, 2.24) is 9.55 Å². The highest BCUT2D eigenvalue weighted by molar-refractivity contribution is 7.18. The predicted molar refractivity (Wildman–Crippen MR) is 109 cm³/mol. The molecule has 2 heterocycles. The molecule has 8 heteroatoms. The van der Waals surface area contributed by atoms with Gasteiger partial charge in [-0.05, 0) is 49.6 Å². The number of esters is 1. The summed E-state index contributed by atoms with van der Waals surface area (Å²) in [7, 11) is 1.33.